The maximum Gasteiger partial charge on any atom is 0.276 e. The van der Waals surface area contributed by atoms with Crippen molar-refractivity contribution in [1.29, 1.82) is 0 Å². The normalized spacial score (nSPS) is 13.3. The molecule has 0 unspecified atom stereocenters. The molecule has 1 heterocycles. The van der Waals surface area contributed by atoms with Crippen LogP contribution in [0.15, 0.2) is 28.8 Å². The van der Waals surface area contributed by atoms with Crippen molar-refractivity contribution in [2.75, 3.05) is 13.1 Å². The SMILES string of the molecule is CCCN(CCC)C(=O)c1cc(COc2ccc3c(c2)CCCC3)on1. The van der Waals surface area contributed by atoms with Crippen molar-refractivity contribution >= 4 is 5.91 Å². The molecule has 0 saturated carbocycles. The molecule has 0 bridgehead atoms. The van der Waals surface area contributed by atoms with Gasteiger partial charge < -0.3 is 14.2 Å². The fourth-order valence-electron chi connectivity index (χ4n) is 3.45. The van der Waals surface area contributed by atoms with Gasteiger partial charge in [-0.2, -0.15) is 0 Å². The smallest absolute Gasteiger partial charge is 0.276 e. The van der Waals surface area contributed by atoms with Gasteiger partial charge in [0.2, 0.25) is 0 Å². The molecule has 0 saturated heterocycles. The van der Waals surface area contributed by atoms with Gasteiger partial charge in [0.1, 0.15) is 12.4 Å². The van der Waals surface area contributed by atoms with E-state index in [2.05, 4.69) is 31.1 Å². The van der Waals surface area contributed by atoms with E-state index in [1.54, 1.807) is 6.07 Å². The fraction of sp³-hybridized carbons (Fsp3) is 0.524. The summed E-state index contributed by atoms with van der Waals surface area (Å²) in [6.07, 6.45) is 6.66. The molecule has 140 valence electrons. The van der Waals surface area contributed by atoms with Crippen LogP contribution < -0.4 is 4.74 Å². The Kier molecular flexibility index (Phi) is 6.31. The molecule has 26 heavy (non-hydrogen) atoms. The van der Waals surface area contributed by atoms with Crippen LogP contribution in [-0.2, 0) is 19.4 Å². The van der Waals surface area contributed by atoms with E-state index in [0.29, 0.717) is 11.5 Å². The first kappa shape index (κ1) is 18.5. The van der Waals surface area contributed by atoms with Crippen LogP contribution >= 0.6 is 0 Å². The predicted octanol–water partition coefficient (Wildman–Crippen LogP) is 4.39. The Bertz CT molecular complexity index is 733. The molecule has 1 aliphatic carbocycles. The predicted molar refractivity (Wildman–Crippen MR) is 100 cm³/mol. The Labute approximate surface area is 155 Å². The number of rotatable bonds is 8. The van der Waals surface area contributed by atoms with E-state index in [1.165, 1.54) is 24.0 Å². The van der Waals surface area contributed by atoms with Crippen molar-refractivity contribution < 1.29 is 14.1 Å². The van der Waals surface area contributed by atoms with Gasteiger partial charge >= 0.3 is 0 Å². The molecule has 5 nitrogen and oxygen atoms in total. The minimum absolute atomic E-state index is 0.0718. The third-order valence-electron chi connectivity index (χ3n) is 4.75. The van der Waals surface area contributed by atoms with Gasteiger partial charge in [0.05, 0.1) is 0 Å². The van der Waals surface area contributed by atoms with Crippen LogP contribution in [0.3, 0.4) is 0 Å². The topological polar surface area (TPSA) is 55.6 Å². The summed E-state index contributed by atoms with van der Waals surface area (Å²) in [5, 5.41) is 3.94. The molecule has 5 heteroatoms. The molecule has 0 aliphatic heterocycles. The Morgan fingerprint density at radius 2 is 1.85 bits per heavy atom. The number of hydrogen-bond acceptors (Lipinski definition) is 4. The summed E-state index contributed by atoms with van der Waals surface area (Å²) in [4.78, 5) is 14.4. The highest BCUT2D eigenvalue weighted by Crippen LogP contribution is 2.25. The molecule has 0 N–H and O–H groups in total. The minimum Gasteiger partial charge on any atom is -0.486 e. The molecule has 1 aliphatic rings. The van der Waals surface area contributed by atoms with Gasteiger partial charge in [0, 0.05) is 19.2 Å². The molecule has 1 amide bonds. The number of ether oxygens (including phenoxy) is 1. The maximum absolute atomic E-state index is 12.5. The second-order valence-corrected chi connectivity index (χ2v) is 6.90. The first-order chi connectivity index (χ1) is 12.7. The summed E-state index contributed by atoms with van der Waals surface area (Å²) in [7, 11) is 0. The van der Waals surface area contributed by atoms with E-state index in [1.807, 2.05) is 11.0 Å². The van der Waals surface area contributed by atoms with E-state index in [4.69, 9.17) is 9.26 Å². The highest BCUT2D eigenvalue weighted by molar-refractivity contribution is 5.92. The number of carbonyl (C=O) groups is 1. The second kappa shape index (κ2) is 8.88. The average molecular weight is 356 g/mol. The number of benzene rings is 1. The van der Waals surface area contributed by atoms with Gasteiger partial charge in [0.25, 0.3) is 5.91 Å². The van der Waals surface area contributed by atoms with Gasteiger partial charge in [-0.05, 0) is 61.8 Å². The summed E-state index contributed by atoms with van der Waals surface area (Å²) in [5.41, 5.74) is 3.18. The monoisotopic (exact) mass is 356 g/mol. The molecule has 2 aromatic rings. The van der Waals surface area contributed by atoms with E-state index < -0.39 is 0 Å². The Hall–Kier alpha value is -2.30. The Morgan fingerprint density at radius 1 is 1.12 bits per heavy atom. The average Bonchev–Trinajstić information content (AvgIpc) is 3.14. The van der Waals surface area contributed by atoms with Crippen molar-refractivity contribution in [1.82, 2.24) is 10.1 Å². The number of nitrogens with zero attached hydrogens (tertiary/aromatic N) is 2. The molecule has 0 spiro atoms. The van der Waals surface area contributed by atoms with Crippen LogP contribution in [0, 0.1) is 0 Å². The summed E-state index contributed by atoms with van der Waals surface area (Å²) >= 11 is 0. The van der Waals surface area contributed by atoms with Gasteiger partial charge in [-0.25, -0.2) is 0 Å². The Morgan fingerprint density at radius 3 is 2.58 bits per heavy atom. The zero-order valence-corrected chi connectivity index (χ0v) is 15.8. The first-order valence-corrected chi connectivity index (χ1v) is 9.70. The highest BCUT2D eigenvalue weighted by Gasteiger charge is 2.19. The molecular formula is C21H28N2O3. The molecule has 0 fully saturated rings. The maximum atomic E-state index is 12.5. The minimum atomic E-state index is -0.0718. The van der Waals surface area contributed by atoms with Gasteiger partial charge in [-0.1, -0.05) is 25.1 Å². The van der Waals surface area contributed by atoms with Crippen molar-refractivity contribution in [3.05, 3.63) is 46.8 Å². The lowest BCUT2D eigenvalue weighted by Crippen LogP contribution is -2.32. The number of aromatic nitrogens is 1. The van der Waals surface area contributed by atoms with Crippen LogP contribution in [0.2, 0.25) is 0 Å². The number of amides is 1. The number of aryl methyl sites for hydroxylation is 2. The molecule has 0 radical (unpaired) electrons. The summed E-state index contributed by atoms with van der Waals surface area (Å²) in [5.74, 6) is 1.34. The zero-order chi connectivity index (χ0) is 18.4. The number of carbonyl (C=O) groups excluding carboxylic acids is 1. The van der Waals surface area contributed by atoms with Crippen LogP contribution in [0.4, 0.5) is 0 Å². The molecule has 0 atom stereocenters. The van der Waals surface area contributed by atoms with E-state index >= 15 is 0 Å². The summed E-state index contributed by atoms with van der Waals surface area (Å²) in [6, 6.07) is 7.99. The molecule has 1 aromatic carbocycles. The zero-order valence-electron chi connectivity index (χ0n) is 15.8. The standard InChI is InChI=1S/C21H28N2O3/c1-3-11-23(12-4-2)21(24)20-14-19(26-22-20)15-25-18-10-9-16-7-5-6-8-17(16)13-18/h9-10,13-14H,3-8,11-12,15H2,1-2H3. The van der Waals surface area contributed by atoms with Crippen molar-refractivity contribution in [2.24, 2.45) is 0 Å². The van der Waals surface area contributed by atoms with Crippen molar-refractivity contribution in [3.8, 4) is 5.75 Å². The largest absolute Gasteiger partial charge is 0.486 e. The van der Waals surface area contributed by atoms with Crippen LogP contribution in [0.25, 0.3) is 0 Å². The van der Waals surface area contributed by atoms with Crippen LogP contribution in [0.5, 0.6) is 5.75 Å². The van der Waals surface area contributed by atoms with Crippen LogP contribution in [-0.4, -0.2) is 29.1 Å². The number of fused-ring (bicyclic) bond motifs is 1. The summed E-state index contributed by atoms with van der Waals surface area (Å²) < 4.78 is 11.2. The van der Waals surface area contributed by atoms with Crippen molar-refractivity contribution in [2.45, 2.75) is 59.0 Å². The second-order valence-electron chi connectivity index (χ2n) is 6.90. The number of hydrogen-bond donors (Lipinski definition) is 0. The third-order valence-corrected chi connectivity index (χ3v) is 4.75. The van der Waals surface area contributed by atoms with Gasteiger partial charge in [-0.15, -0.1) is 0 Å². The van der Waals surface area contributed by atoms with Gasteiger partial charge in [0.15, 0.2) is 11.5 Å². The lowest BCUT2D eigenvalue weighted by Gasteiger charge is -2.19. The molecule has 3 rings (SSSR count). The van der Waals surface area contributed by atoms with E-state index in [9.17, 15) is 4.79 Å². The van der Waals surface area contributed by atoms with E-state index in [-0.39, 0.29) is 12.5 Å². The molecular weight excluding hydrogens is 328 g/mol. The molecule has 1 aromatic heterocycles. The summed E-state index contributed by atoms with van der Waals surface area (Å²) in [6.45, 7) is 5.88. The van der Waals surface area contributed by atoms with Crippen LogP contribution in [0.1, 0.15) is 66.9 Å². The quantitative estimate of drug-likeness (QED) is 0.704. The Balaban J connectivity index is 1.60. The van der Waals surface area contributed by atoms with Crippen molar-refractivity contribution in [3.63, 3.8) is 0 Å². The first-order valence-electron chi connectivity index (χ1n) is 9.70. The fourth-order valence-corrected chi connectivity index (χ4v) is 3.45. The van der Waals surface area contributed by atoms with Gasteiger partial charge in [-0.3, -0.25) is 4.79 Å². The lowest BCUT2D eigenvalue weighted by molar-refractivity contribution is 0.0745. The third kappa shape index (κ3) is 4.45. The highest BCUT2D eigenvalue weighted by atomic mass is 16.5. The van der Waals surface area contributed by atoms with E-state index in [0.717, 1.165) is 44.5 Å². The lowest BCUT2D eigenvalue weighted by atomic mass is 9.92.